The smallest absolute Gasteiger partial charge is 0.256 e. The van der Waals surface area contributed by atoms with Gasteiger partial charge in [0, 0.05) is 11.8 Å². The molecule has 0 radical (unpaired) electrons. The van der Waals surface area contributed by atoms with Crippen molar-refractivity contribution in [2.75, 3.05) is 5.32 Å². The van der Waals surface area contributed by atoms with Gasteiger partial charge >= 0.3 is 0 Å². The summed E-state index contributed by atoms with van der Waals surface area (Å²) in [5.41, 5.74) is 1.44. The van der Waals surface area contributed by atoms with Crippen LogP contribution in [0.2, 0.25) is 0 Å². The maximum absolute atomic E-state index is 12.3. The van der Waals surface area contributed by atoms with Gasteiger partial charge in [0.25, 0.3) is 5.91 Å². The molecule has 5 nitrogen and oxygen atoms in total. The molecule has 20 heavy (non-hydrogen) atoms. The molecule has 2 heterocycles. The number of nitrogens with zero attached hydrogens (tertiary/aromatic N) is 1. The lowest BCUT2D eigenvalue weighted by Gasteiger charge is -2.06. The van der Waals surface area contributed by atoms with Crippen LogP contribution >= 0.6 is 22.6 Å². The molecule has 0 unspecified atom stereocenters. The van der Waals surface area contributed by atoms with Gasteiger partial charge in [-0.3, -0.25) is 4.79 Å². The molecule has 6 heteroatoms. The van der Waals surface area contributed by atoms with Crippen molar-refractivity contribution in [2.24, 2.45) is 0 Å². The number of pyridine rings is 1. The molecule has 2 N–H and O–H groups in total. The predicted octanol–water partition coefficient (Wildman–Crippen LogP) is 3.39. The summed E-state index contributed by atoms with van der Waals surface area (Å²) in [6.45, 7) is 0. The molecule has 0 saturated heterocycles. The lowest BCUT2D eigenvalue weighted by molar-refractivity contribution is 0.102. The molecule has 100 valence electrons. The standard InChI is InChI=1S/C14H9IN2O3/c15-12-7-11(10-4-5-20-14(10)17-12)13(19)16-8-2-1-3-9(18)6-8/h1-7,18H,(H,16,19). The number of furan rings is 1. The minimum Gasteiger partial charge on any atom is -0.508 e. The number of phenolic OH excluding ortho intramolecular Hbond substituents is 1. The van der Waals surface area contributed by atoms with Gasteiger partial charge < -0.3 is 14.8 Å². The minimum absolute atomic E-state index is 0.0977. The van der Waals surface area contributed by atoms with Crippen LogP contribution in [-0.4, -0.2) is 16.0 Å². The number of anilines is 1. The normalized spacial score (nSPS) is 10.7. The maximum Gasteiger partial charge on any atom is 0.256 e. The van der Waals surface area contributed by atoms with Crippen molar-refractivity contribution in [1.29, 1.82) is 0 Å². The highest BCUT2D eigenvalue weighted by Crippen LogP contribution is 2.22. The van der Waals surface area contributed by atoms with E-state index in [0.717, 1.165) is 0 Å². The predicted molar refractivity (Wildman–Crippen MR) is 82.8 cm³/mol. The van der Waals surface area contributed by atoms with E-state index < -0.39 is 0 Å². The number of fused-ring (bicyclic) bond motifs is 1. The summed E-state index contributed by atoms with van der Waals surface area (Å²) >= 11 is 2.03. The molecule has 0 spiro atoms. The number of carbonyl (C=O) groups is 1. The average molecular weight is 380 g/mol. The second-order valence-corrected chi connectivity index (χ2v) is 5.24. The van der Waals surface area contributed by atoms with Crippen molar-refractivity contribution >= 4 is 45.3 Å². The van der Waals surface area contributed by atoms with Crippen LogP contribution in [-0.2, 0) is 0 Å². The summed E-state index contributed by atoms with van der Waals surface area (Å²) in [7, 11) is 0. The Balaban J connectivity index is 1.98. The molecule has 2 aromatic heterocycles. The van der Waals surface area contributed by atoms with Crippen molar-refractivity contribution in [3.63, 3.8) is 0 Å². The third-order valence-corrected chi connectivity index (χ3v) is 3.31. The summed E-state index contributed by atoms with van der Waals surface area (Å²) in [5, 5.41) is 12.8. The van der Waals surface area contributed by atoms with E-state index in [1.807, 2.05) is 22.6 Å². The van der Waals surface area contributed by atoms with Gasteiger partial charge in [-0.15, -0.1) is 0 Å². The van der Waals surface area contributed by atoms with E-state index in [4.69, 9.17) is 4.42 Å². The van der Waals surface area contributed by atoms with Crippen molar-refractivity contribution in [1.82, 2.24) is 4.98 Å². The largest absolute Gasteiger partial charge is 0.508 e. The van der Waals surface area contributed by atoms with Crippen molar-refractivity contribution in [2.45, 2.75) is 0 Å². The van der Waals surface area contributed by atoms with Crippen molar-refractivity contribution in [3.05, 3.63) is 51.9 Å². The van der Waals surface area contributed by atoms with Crippen LogP contribution in [0, 0.1) is 3.70 Å². The third kappa shape index (κ3) is 2.46. The lowest BCUT2D eigenvalue weighted by atomic mass is 10.1. The Morgan fingerprint density at radius 3 is 2.95 bits per heavy atom. The summed E-state index contributed by atoms with van der Waals surface area (Å²) in [5.74, 6) is -0.178. The Bertz CT molecular complexity index is 798. The Morgan fingerprint density at radius 2 is 2.15 bits per heavy atom. The van der Waals surface area contributed by atoms with E-state index in [1.54, 1.807) is 30.3 Å². The number of benzene rings is 1. The van der Waals surface area contributed by atoms with E-state index in [1.165, 1.54) is 12.3 Å². The van der Waals surface area contributed by atoms with Crippen LogP contribution in [0.3, 0.4) is 0 Å². The topological polar surface area (TPSA) is 75.4 Å². The highest BCUT2D eigenvalue weighted by molar-refractivity contribution is 14.1. The van der Waals surface area contributed by atoms with E-state index in [9.17, 15) is 9.90 Å². The van der Waals surface area contributed by atoms with Crippen molar-refractivity contribution in [3.8, 4) is 5.75 Å². The first-order valence-electron chi connectivity index (χ1n) is 5.77. The van der Waals surface area contributed by atoms with E-state index >= 15 is 0 Å². The quantitative estimate of drug-likeness (QED) is 0.528. The number of hydrogen-bond acceptors (Lipinski definition) is 4. The number of aromatic nitrogens is 1. The SMILES string of the molecule is O=C(Nc1cccc(O)c1)c1cc(I)nc2occc12. The van der Waals surface area contributed by atoms with Gasteiger partial charge in [0.2, 0.25) is 5.71 Å². The molecular weight excluding hydrogens is 371 g/mol. The highest BCUT2D eigenvalue weighted by Gasteiger charge is 2.14. The first kappa shape index (κ1) is 12.9. The minimum atomic E-state index is -0.276. The van der Waals surface area contributed by atoms with Crippen LogP contribution in [0.5, 0.6) is 5.75 Å². The number of amides is 1. The fourth-order valence-corrected chi connectivity index (χ4v) is 2.42. The molecule has 1 amide bonds. The molecular formula is C14H9IN2O3. The molecule has 3 rings (SSSR count). The summed E-state index contributed by atoms with van der Waals surface area (Å²) < 4.78 is 5.90. The Kier molecular flexibility index (Phi) is 3.31. The molecule has 0 saturated carbocycles. The Hall–Kier alpha value is -2.09. The summed E-state index contributed by atoms with van der Waals surface area (Å²) in [4.78, 5) is 16.5. The molecule has 0 aliphatic heterocycles. The highest BCUT2D eigenvalue weighted by atomic mass is 127. The fraction of sp³-hybridized carbons (Fsp3) is 0. The molecule has 0 atom stereocenters. The molecule has 1 aromatic carbocycles. The second-order valence-electron chi connectivity index (χ2n) is 4.14. The van der Waals surface area contributed by atoms with Gasteiger partial charge in [-0.1, -0.05) is 6.07 Å². The molecule has 0 bridgehead atoms. The van der Waals surface area contributed by atoms with Crippen LogP contribution in [0.15, 0.2) is 47.1 Å². The van der Waals surface area contributed by atoms with Gasteiger partial charge in [0.05, 0.1) is 17.2 Å². The van der Waals surface area contributed by atoms with Gasteiger partial charge in [0.1, 0.15) is 9.45 Å². The first-order chi connectivity index (χ1) is 9.63. The first-order valence-corrected chi connectivity index (χ1v) is 6.85. The van der Waals surface area contributed by atoms with Crippen LogP contribution in [0.4, 0.5) is 5.69 Å². The van der Waals surface area contributed by atoms with Gasteiger partial charge in [0.15, 0.2) is 0 Å². The van der Waals surface area contributed by atoms with E-state index in [2.05, 4.69) is 10.3 Å². The Labute approximate surface area is 127 Å². The number of aromatic hydroxyl groups is 1. The number of rotatable bonds is 2. The number of phenols is 1. The third-order valence-electron chi connectivity index (χ3n) is 2.76. The van der Waals surface area contributed by atoms with E-state index in [0.29, 0.717) is 26.1 Å². The van der Waals surface area contributed by atoms with Crippen molar-refractivity contribution < 1.29 is 14.3 Å². The number of carbonyl (C=O) groups excluding carboxylic acids is 1. The van der Waals surface area contributed by atoms with Gasteiger partial charge in [-0.05, 0) is 46.9 Å². The van der Waals surface area contributed by atoms with E-state index in [-0.39, 0.29) is 11.7 Å². The van der Waals surface area contributed by atoms with Crippen LogP contribution in [0.1, 0.15) is 10.4 Å². The summed E-state index contributed by atoms with van der Waals surface area (Å²) in [6.07, 6.45) is 1.50. The molecule has 0 fully saturated rings. The average Bonchev–Trinajstić information content (AvgIpc) is 2.85. The molecule has 0 aliphatic carbocycles. The zero-order valence-corrected chi connectivity index (χ0v) is 12.3. The van der Waals surface area contributed by atoms with Crippen LogP contribution in [0.25, 0.3) is 11.1 Å². The van der Waals surface area contributed by atoms with Crippen LogP contribution < -0.4 is 5.32 Å². The zero-order chi connectivity index (χ0) is 14.1. The Morgan fingerprint density at radius 1 is 1.30 bits per heavy atom. The number of halogens is 1. The maximum atomic E-state index is 12.3. The number of hydrogen-bond donors (Lipinski definition) is 2. The fourth-order valence-electron chi connectivity index (χ4n) is 1.89. The monoisotopic (exact) mass is 380 g/mol. The molecule has 0 aliphatic rings. The summed E-state index contributed by atoms with van der Waals surface area (Å²) in [6, 6.07) is 9.79. The lowest BCUT2D eigenvalue weighted by Crippen LogP contribution is -2.12. The van der Waals surface area contributed by atoms with Gasteiger partial charge in [-0.25, -0.2) is 4.98 Å². The molecule has 3 aromatic rings. The van der Waals surface area contributed by atoms with Gasteiger partial charge in [-0.2, -0.15) is 0 Å². The number of nitrogens with one attached hydrogen (secondary N) is 1. The zero-order valence-electron chi connectivity index (χ0n) is 10.1. The second kappa shape index (κ2) is 5.12.